The summed E-state index contributed by atoms with van der Waals surface area (Å²) in [5.74, 6) is 1.24. The van der Waals surface area contributed by atoms with Gasteiger partial charge in [0.25, 0.3) is 5.56 Å². The smallest absolute Gasteiger partial charge is 0.261 e. The van der Waals surface area contributed by atoms with Crippen molar-refractivity contribution in [3.63, 3.8) is 0 Å². The number of thioether (sulfide) groups is 1. The summed E-state index contributed by atoms with van der Waals surface area (Å²) >= 11 is 1.78. The summed E-state index contributed by atoms with van der Waals surface area (Å²) in [6, 6.07) is 2.90. The SMILES string of the molecule is O=CN1CCC(COc2cc(F)c3c(=O)[nH]c(CSC4CCNCC4)nc3c2)CC1. The fourth-order valence-corrected chi connectivity index (χ4v) is 5.10. The Morgan fingerprint density at radius 3 is 2.73 bits per heavy atom. The third kappa shape index (κ3) is 5.13. The minimum absolute atomic E-state index is 0.0303. The number of aromatic amines is 1. The van der Waals surface area contributed by atoms with Crippen LogP contribution < -0.4 is 15.6 Å². The van der Waals surface area contributed by atoms with Gasteiger partial charge in [-0.1, -0.05) is 0 Å². The predicted octanol–water partition coefficient (Wildman–Crippen LogP) is 2.29. The Bertz CT molecular complexity index is 940. The monoisotopic (exact) mass is 434 g/mol. The van der Waals surface area contributed by atoms with Gasteiger partial charge in [-0.25, -0.2) is 9.37 Å². The minimum atomic E-state index is -0.621. The van der Waals surface area contributed by atoms with Gasteiger partial charge in [0.05, 0.1) is 17.9 Å². The number of amides is 1. The lowest BCUT2D eigenvalue weighted by molar-refractivity contribution is -0.119. The molecule has 0 unspecified atom stereocenters. The Hall–Kier alpha value is -2.13. The molecule has 2 saturated heterocycles. The van der Waals surface area contributed by atoms with Crippen LogP contribution in [-0.2, 0) is 10.5 Å². The van der Waals surface area contributed by atoms with Crippen LogP contribution in [0.1, 0.15) is 31.5 Å². The number of carbonyl (C=O) groups is 1. The van der Waals surface area contributed by atoms with Crippen molar-refractivity contribution in [3.8, 4) is 5.75 Å². The normalized spacial score (nSPS) is 18.6. The topological polar surface area (TPSA) is 87.3 Å². The van der Waals surface area contributed by atoms with Crippen LogP contribution in [0.2, 0.25) is 0 Å². The molecule has 9 heteroatoms. The van der Waals surface area contributed by atoms with Crippen LogP contribution in [-0.4, -0.2) is 59.3 Å². The Morgan fingerprint density at radius 1 is 1.23 bits per heavy atom. The summed E-state index contributed by atoms with van der Waals surface area (Å²) in [6.45, 7) is 3.93. The third-order valence-corrected chi connectivity index (χ3v) is 7.19. The molecule has 0 bridgehead atoms. The standard InChI is InChI=1S/C21H27FN4O3S/c22-17-9-15(29-11-14-3-7-26(13-27)8-4-14)10-18-20(17)21(28)25-19(24-18)12-30-16-1-5-23-6-2-16/h9-10,13-14,16,23H,1-8,11-12H2,(H,24,25,28). The molecule has 162 valence electrons. The van der Waals surface area contributed by atoms with Crippen molar-refractivity contribution < 1.29 is 13.9 Å². The number of piperidine rings is 2. The molecule has 3 heterocycles. The maximum absolute atomic E-state index is 14.6. The highest BCUT2D eigenvalue weighted by molar-refractivity contribution is 7.99. The first-order valence-corrected chi connectivity index (χ1v) is 11.5. The van der Waals surface area contributed by atoms with Gasteiger partial charge < -0.3 is 19.9 Å². The zero-order valence-corrected chi connectivity index (χ0v) is 17.7. The number of carbonyl (C=O) groups excluding carboxylic acids is 1. The maximum atomic E-state index is 14.6. The maximum Gasteiger partial charge on any atom is 0.261 e. The Balaban J connectivity index is 1.44. The van der Waals surface area contributed by atoms with E-state index in [1.54, 1.807) is 22.7 Å². The van der Waals surface area contributed by atoms with Crippen molar-refractivity contribution in [2.45, 2.75) is 36.7 Å². The lowest BCUT2D eigenvalue weighted by Gasteiger charge is -2.29. The molecular formula is C21H27FN4O3S. The highest BCUT2D eigenvalue weighted by Crippen LogP contribution is 2.26. The molecule has 2 aliphatic heterocycles. The van der Waals surface area contributed by atoms with Crippen LogP contribution in [0.4, 0.5) is 4.39 Å². The molecule has 7 nitrogen and oxygen atoms in total. The predicted molar refractivity (Wildman–Crippen MR) is 115 cm³/mol. The van der Waals surface area contributed by atoms with Crippen molar-refractivity contribution >= 4 is 29.1 Å². The molecule has 0 saturated carbocycles. The second-order valence-corrected chi connectivity index (χ2v) is 9.26. The Labute approximate surface area is 178 Å². The fraction of sp³-hybridized carbons (Fsp3) is 0.571. The number of benzene rings is 1. The van der Waals surface area contributed by atoms with E-state index in [0.29, 0.717) is 40.6 Å². The van der Waals surface area contributed by atoms with Gasteiger partial charge in [0, 0.05) is 30.5 Å². The first-order chi connectivity index (χ1) is 14.6. The number of nitrogens with one attached hydrogen (secondary N) is 2. The van der Waals surface area contributed by atoms with Crippen molar-refractivity contribution in [2.75, 3.05) is 32.8 Å². The molecule has 0 atom stereocenters. The van der Waals surface area contributed by atoms with Gasteiger partial charge in [0.15, 0.2) is 0 Å². The van der Waals surface area contributed by atoms with Crippen LogP contribution in [0, 0.1) is 11.7 Å². The van der Waals surface area contributed by atoms with E-state index in [0.717, 1.165) is 58.3 Å². The molecule has 4 rings (SSSR count). The molecule has 2 N–H and O–H groups in total. The summed E-state index contributed by atoms with van der Waals surface area (Å²) in [7, 11) is 0. The van der Waals surface area contributed by atoms with E-state index in [4.69, 9.17) is 4.74 Å². The second kappa shape index (κ2) is 9.78. The van der Waals surface area contributed by atoms with Crippen LogP contribution in [0.5, 0.6) is 5.75 Å². The molecule has 1 aromatic heterocycles. The average Bonchev–Trinajstić information content (AvgIpc) is 2.77. The number of H-pyrrole nitrogens is 1. The molecule has 0 aliphatic carbocycles. The molecule has 2 aromatic rings. The van der Waals surface area contributed by atoms with E-state index in [1.165, 1.54) is 6.07 Å². The largest absolute Gasteiger partial charge is 0.493 e. The van der Waals surface area contributed by atoms with Gasteiger partial charge in [0.2, 0.25) is 6.41 Å². The second-order valence-electron chi connectivity index (χ2n) is 7.97. The van der Waals surface area contributed by atoms with Crippen molar-refractivity contribution in [1.29, 1.82) is 0 Å². The number of halogens is 1. The number of ether oxygens (including phenoxy) is 1. The molecule has 2 aliphatic rings. The van der Waals surface area contributed by atoms with E-state index in [-0.39, 0.29) is 5.39 Å². The fourth-order valence-electron chi connectivity index (χ4n) is 4.00. The summed E-state index contributed by atoms with van der Waals surface area (Å²) in [5.41, 5.74) is -0.128. The Morgan fingerprint density at radius 2 is 2.00 bits per heavy atom. The minimum Gasteiger partial charge on any atom is -0.493 e. The molecule has 1 aromatic carbocycles. The van der Waals surface area contributed by atoms with Gasteiger partial charge in [-0.3, -0.25) is 9.59 Å². The van der Waals surface area contributed by atoms with E-state index >= 15 is 0 Å². The number of fused-ring (bicyclic) bond motifs is 1. The molecule has 30 heavy (non-hydrogen) atoms. The van der Waals surface area contributed by atoms with Crippen LogP contribution in [0.15, 0.2) is 16.9 Å². The number of hydrogen-bond acceptors (Lipinski definition) is 6. The number of nitrogens with zero attached hydrogens (tertiary/aromatic N) is 2. The van der Waals surface area contributed by atoms with E-state index in [2.05, 4.69) is 15.3 Å². The third-order valence-electron chi connectivity index (χ3n) is 5.81. The van der Waals surface area contributed by atoms with E-state index in [9.17, 15) is 14.0 Å². The van der Waals surface area contributed by atoms with Crippen molar-refractivity contribution in [2.24, 2.45) is 5.92 Å². The summed E-state index contributed by atoms with van der Waals surface area (Å²) in [4.78, 5) is 32.2. The quantitative estimate of drug-likeness (QED) is 0.651. The van der Waals surface area contributed by atoms with Gasteiger partial charge in [-0.2, -0.15) is 11.8 Å². The number of hydrogen-bond donors (Lipinski definition) is 2. The number of likely N-dealkylation sites (tertiary alicyclic amines) is 1. The molecule has 2 fully saturated rings. The summed E-state index contributed by atoms with van der Waals surface area (Å²) in [6.07, 6.45) is 4.80. The Kier molecular flexibility index (Phi) is 6.89. The van der Waals surface area contributed by atoms with Gasteiger partial charge in [-0.15, -0.1) is 0 Å². The van der Waals surface area contributed by atoms with Crippen molar-refractivity contribution in [1.82, 2.24) is 20.2 Å². The van der Waals surface area contributed by atoms with Crippen molar-refractivity contribution in [3.05, 3.63) is 34.1 Å². The number of aromatic nitrogens is 2. The van der Waals surface area contributed by atoms with Crippen LogP contribution >= 0.6 is 11.8 Å². The molecule has 0 radical (unpaired) electrons. The highest BCUT2D eigenvalue weighted by atomic mass is 32.2. The van der Waals surface area contributed by atoms with E-state index in [1.807, 2.05) is 0 Å². The van der Waals surface area contributed by atoms with E-state index < -0.39 is 11.4 Å². The first-order valence-electron chi connectivity index (χ1n) is 10.5. The average molecular weight is 435 g/mol. The van der Waals surface area contributed by atoms with Gasteiger partial charge in [-0.05, 0) is 44.7 Å². The lowest BCUT2D eigenvalue weighted by Crippen LogP contribution is -2.34. The first kappa shape index (κ1) is 21.1. The molecule has 1 amide bonds. The lowest BCUT2D eigenvalue weighted by atomic mass is 9.98. The zero-order chi connectivity index (χ0) is 20.9. The highest BCUT2D eigenvalue weighted by Gasteiger charge is 2.20. The van der Waals surface area contributed by atoms with Gasteiger partial charge >= 0.3 is 0 Å². The number of rotatable bonds is 7. The summed E-state index contributed by atoms with van der Waals surface area (Å²) < 4.78 is 20.4. The van der Waals surface area contributed by atoms with Gasteiger partial charge in [0.1, 0.15) is 22.8 Å². The van der Waals surface area contributed by atoms with Crippen LogP contribution in [0.3, 0.4) is 0 Å². The molecular weight excluding hydrogens is 407 g/mol. The molecule has 0 spiro atoms. The van der Waals surface area contributed by atoms with Crippen LogP contribution in [0.25, 0.3) is 10.9 Å². The zero-order valence-electron chi connectivity index (χ0n) is 16.9. The summed E-state index contributed by atoms with van der Waals surface area (Å²) in [5, 5.41) is 3.85.